The quantitative estimate of drug-likeness (QED) is 0.824. The fourth-order valence-corrected chi connectivity index (χ4v) is 2.71. The van der Waals surface area contributed by atoms with Crippen LogP contribution in [0, 0.1) is 18.8 Å². The topological polar surface area (TPSA) is 34.1 Å². The largest absolute Gasteiger partial charge is 0.493 e. The van der Waals surface area contributed by atoms with Crippen molar-refractivity contribution >= 4 is 0 Å². The maximum atomic E-state index is 6.08. The monoisotopic (exact) mass is 276 g/mol. The summed E-state index contributed by atoms with van der Waals surface area (Å²) >= 11 is 0. The number of aryl methyl sites for hydroxylation is 1. The van der Waals surface area contributed by atoms with Crippen molar-refractivity contribution in [3.63, 3.8) is 0 Å². The molecule has 0 bridgehead atoms. The molecule has 3 nitrogen and oxygen atoms in total. The van der Waals surface area contributed by atoms with Gasteiger partial charge in [-0.2, -0.15) is 0 Å². The van der Waals surface area contributed by atoms with E-state index >= 15 is 0 Å². The molecule has 1 N–H and O–H groups in total. The molecule has 2 rings (SSSR count). The van der Waals surface area contributed by atoms with Crippen molar-refractivity contribution in [2.75, 3.05) is 13.2 Å². The van der Waals surface area contributed by atoms with Crippen LogP contribution < -0.4 is 10.1 Å². The van der Waals surface area contributed by atoms with E-state index in [1.54, 1.807) is 0 Å². The highest BCUT2D eigenvalue weighted by molar-refractivity contribution is 5.32. The number of aromatic nitrogens is 1. The molecule has 1 aliphatic carbocycles. The van der Waals surface area contributed by atoms with Crippen LogP contribution in [-0.2, 0) is 6.54 Å². The van der Waals surface area contributed by atoms with E-state index < -0.39 is 0 Å². The van der Waals surface area contributed by atoms with E-state index in [2.05, 4.69) is 30.2 Å². The van der Waals surface area contributed by atoms with Crippen LogP contribution in [0.4, 0.5) is 0 Å². The minimum atomic E-state index is 0.663. The van der Waals surface area contributed by atoms with Gasteiger partial charge >= 0.3 is 0 Å². The third-order valence-corrected chi connectivity index (χ3v) is 3.90. The molecule has 0 saturated heterocycles. The smallest absolute Gasteiger partial charge is 0.127 e. The number of nitrogens with one attached hydrogen (secondary N) is 1. The zero-order valence-electron chi connectivity index (χ0n) is 13.1. The van der Waals surface area contributed by atoms with E-state index in [4.69, 9.17) is 4.74 Å². The Bertz CT molecular complexity index is 411. The van der Waals surface area contributed by atoms with Gasteiger partial charge in [-0.1, -0.05) is 26.7 Å². The molecule has 1 saturated carbocycles. The second kappa shape index (κ2) is 7.63. The number of hydrogen-bond acceptors (Lipinski definition) is 3. The summed E-state index contributed by atoms with van der Waals surface area (Å²) in [5.41, 5.74) is 2.20. The molecule has 0 aliphatic heterocycles. The van der Waals surface area contributed by atoms with Gasteiger partial charge in [0.25, 0.3) is 0 Å². The lowest BCUT2D eigenvalue weighted by atomic mass is 10.1. The van der Waals surface area contributed by atoms with Gasteiger partial charge in [0.1, 0.15) is 5.75 Å². The molecule has 0 amide bonds. The molecule has 0 radical (unpaired) electrons. The second-order valence-corrected chi connectivity index (χ2v) is 6.42. The van der Waals surface area contributed by atoms with E-state index in [1.807, 2.05) is 13.1 Å². The first-order valence-corrected chi connectivity index (χ1v) is 7.94. The Balaban J connectivity index is 1.92. The summed E-state index contributed by atoms with van der Waals surface area (Å²) in [6.07, 6.45) is 7.33. The van der Waals surface area contributed by atoms with Crippen LogP contribution >= 0.6 is 0 Å². The Morgan fingerprint density at radius 3 is 2.80 bits per heavy atom. The predicted octanol–water partition coefficient (Wildman–Crippen LogP) is 3.70. The van der Waals surface area contributed by atoms with Crippen molar-refractivity contribution in [2.45, 2.75) is 53.0 Å². The Morgan fingerprint density at radius 2 is 2.10 bits per heavy atom. The Morgan fingerprint density at radius 1 is 1.35 bits per heavy atom. The first kappa shape index (κ1) is 15.3. The van der Waals surface area contributed by atoms with Crippen LogP contribution in [0.25, 0.3) is 0 Å². The van der Waals surface area contributed by atoms with Gasteiger partial charge in [-0.05, 0) is 38.1 Å². The molecule has 112 valence electrons. The summed E-state index contributed by atoms with van der Waals surface area (Å²) in [6, 6.07) is 2.07. The van der Waals surface area contributed by atoms with E-state index in [9.17, 15) is 0 Å². The molecule has 0 spiro atoms. The number of ether oxygens (including phenoxy) is 1. The van der Waals surface area contributed by atoms with Gasteiger partial charge < -0.3 is 10.1 Å². The van der Waals surface area contributed by atoms with Crippen LogP contribution in [-0.4, -0.2) is 18.1 Å². The van der Waals surface area contributed by atoms with Gasteiger partial charge in [-0.15, -0.1) is 0 Å². The minimum absolute atomic E-state index is 0.663. The molecule has 0 unspecified atom stereocenters. The predicted molar refractivity (Wildman–Crippen MR) is 83.0 cm³/mol. The summed E-state index contributed by atoms with van der Waals surface area (Å²) in [5.74, 6) is 2.43. The third-order valence-electron chi connectivity index (χ3n) is 3.90. The fourth-order valence-electron chi connectivity index (χ4n) is 2.71. The summed E-state index contributed by atoms with van der Waals surface area (Å²) in [7, 11) is 0. The van der Waals surface area contributed by atoms with Gasteiger partial charge in [0.05, 0.1) is 6.61 Å². The zero-order valence-corrected chi connectivity index (χ0v) is 13.1. The Labute approximate surface area is 123 Å². The van der Waals surface area contributed by atoms with E-state index in [0.717, 1.165) is 37.1 Å². The molecule has 1 heterocycles. The van der Waals surface area contributed by atoms with Crippen molar-refractivity contribution in [3.05, 3.63) is 23.5 Å². The van der Waals surface area contributed by atoms with Crippen molar-refractivity contribution < 1.29 is 4.74 Å². The van der Waals surface area contributed by atoms with Gasteiger partial charge in [-0.3, -0.25) is 4.98 Å². The van der Waals surface area contributed by atoms with Crippen LogP contribution in [0.3, 0.4) is 0 Å². The van der Waals surface area contributed by atoms with Gasteiger partial charge in [0.2, 0.25) is 0 Å². The maximum Gasteiger partial charge on any atom is 0.127 e. The number of pyridine rings is 1. The summed E-state index contributed by atoms with van der Waals surface area (Å²) in [6.45, 7) is 9.19. The van der Waals surface area contributed by atoms with E-state index in [-0.39, 0.29) is 0 Å². The van der Waals surface area contributed by atoms with Gasteiger partial charge in [0.15, 0.2) is 0 Å². The average Bonchev–Trinajstić information content (AvgIpc) is 2.91. The lowest BCUT2D eigenvalue weighted by molar-refractivity contribution is 0.249. The first-order valence-electron chi connectivity index (χ1n) is 7.94. The van der Waals surface area contributed by atoms with Crippen molar-refractivity contribution in [3.8, 4) is 5.75 Å². The molecular formula is C17H28N2O. The highest BCUT2D eigenvalue weighted by atomic mass is 16.5. The highest BCUT2D eigenvalue weighted by Gasteiger charge is 2.16. The standard InChI is InChI=1S/C17H28N2O/c1-13(2)9-18-10-16-11-19-14(3)8-17(16)20-12-15-6-4-5-7-15/h8,11,13,15,18H,4-7,9-10,12H2,1-3H3. The molecule has 0 aromatic carbocycles. The van der Waals surface area contributed by atoms with Crippen LogP contribution in [0.1, 0.15) is 50.8 Å². The van der Waals surface area contributed by atoms with Crippen LogP contribution in [0.2, 0.25) is 0 Å². The van der Waals surface area contributed by atoms with Crippen molar-refractivity contribution in [1.82, 2.24) is 10.3 Å². The van der Waals surface area contributed by atoms with E-state index in [0.29, 0.717) is 5.92 Å². The minimum Gasteiger partial charge on any atom is -0.493 e. The van der Waals surface area contributed by atoms with Crippen molar-refractivity contribution in [2.24, 2.45) is 11.8 Å². The van der Waals surface area contributed by atoms with Gasteiger partial charge in [-0.25, -0.2) is 0 Å². The van der Waals surface area contributed by atoms with Gasteiger partial charge in [0, 0.05) is 30.1 Å². The summed E-state index contributed by atoms with van der Waals surface area (Å²) in [4.78, 5) is 4.40. The molecular weight excluding hydrogens is 248 g/mol. The van der Waals surface area contributed by atoms with E-state index in [1.165, 1.54) is 31.2 Å². The lowest BCUT2D eigenvalue weighted by Crippen LogP contribution is -2.20. The molecule has 0 atom stereocenters. The zero-order chi connectivity index (χ0) is 14.4. The second-order valence-electron chi connectivity index (χ2n) is 6.42. The summed E-state index contributed by atoms with van der Waals surface area (Å²) in [5, 5.41) is 3.47. The molecule has 1 aromatic rings. The SMILES string of the molecule is Cc1cc(OCC2CCCC2)c(CNCC(C)C)cn1. The highest BCUT2D eigenvalue weighted by Crippen LogP contribution is 2.26. The Kier molecular flexibility index (Phi) is 5.84. The third kappa shape index (κ3) is 4.78. The number of rotatable bonds is 7. The lowest BCUT2D eigenvalue weighted by Gasteiger charge is -2.16. The Hall–Kier alpha value is -1.09. The van der Waals surface area contributed by atoms with Crippen LogP contribution in [0.5, 0.6) is 5.75 Å². The molecule has 1 fully saturated rings. The van der Waals surface area contributed by atoms with Crippen LogP contribution in [0.15, 0.2) is 12.3 Å². The number of hydrogen-bond donors (Lipinski definition) is 1. The van der Waals surface area contributed by atoms with Crippen molar-refractivity contribution in [1.29, 1.82) is 0 Å². The first-order chi connectivity index (χ1) is 9.65. The molecule has 3 heteroatoms. The normalized spacial score (nSPS) is 16.0. The average molecular weight is 276 g/mol. The molecule has 1 aromatic heterocycles. The molecule has 1 aliphatic rings. The summed E-state index contributed by atoms with van der Waals surface area (Å²) < 4.78 is 6.08. The fraction of sp³-hybridized carbons (Fsp3) is 0.706. The maximum absolute atomic E-state index is 6.08. The molecule has 20 heavy (non-hydrogen) atoms. The number of nitrogens with zero attached hydrogens (tertiary/aromatic N) is 1.